The predicted molar refractivity (Wildman–Crippen MR) is 138 cm³/mol. The molecule has 4 heterocycles. The number of hydrogen-bond acceptors (Lipinski definition) is 14. The van der Waals surface area contributed by atoms with E-state index in [0.717, 1.165) is 0 Å². The van der Waals surface area contributed by atoms with Crippen LogP contribution in [0, 0.1) is 0 Å². The molecule has 0 radical (unpaired) electrons. The van der Waals surface area contributed by atoms with Crippen LogP contribution >= 0.6 is 0 Å². The highest BCUT2D eigenvalue weighted by Crippen LogP contribution is 2.24. The summed E-state index contributed by atoms with van der Waals surface area (Å²) in [6.07, 6.45) is -6.87. The van der Waals surface area contributed by atoms with Crippen LogP contribution in [0.5, 0.6) is 0 Å². The predicted octanol–water partition coefficient (Wildman–Crippen LogP) is -4.40. The molecule has 4 rings (SSSR count). The Bertz CT molecular complexity index is 988. The van der Waals surface area contributed by atoms with Crippen LogP contribution in [0.25, 0.3) is 0 Å². The molecular weight excluding hydrogens is 564 g/mol. The normalized spacial score (nSPS) is 39.7. The highest BCUT2D eigenvalue weighted by atomic mass is 16.6. The quantitative estimate of drug-likeness (QED) is 0.164. The van der Waals surface area contributed by atoms with Crippen LogP contribution in [0.4, 0.5) is 0 Å². The van der Waals surface area contributed by atoms with Crippen LogP contribution in [-0.4, -0.2) is 159 Å². The monoisotopic (exact) mass is 604 g/mol. The van der Waals surface area contributed by atoms with Gasteiger partial charge < -0.3 is 64.3 Å². The highest BCUT2D eigenvalue weighted by Gasteiger charge is 2.51. The van der Waals surface area contributed by atoms with E-state index in [2.05, 4.69) is 16.0 Å². The van der Waals surface area contributed by atoms with Gasteiger partial charge in [-0.2, -0.15) is 0 Å². The number of methoxy groups -OCH3 is 5. The molecule has 4 saturated heterocycles. The molecule has 238 valence electrons. The summed E-state index contributed by atoms with van der Waals surface area (Å²) in [4.78, 5) is 52.1. The first kappa shape index (κ1) is 32.4. The van der Waals surface area contributed by atoms with Crippen molar-refractivity contribution in [3.63, 3.8) is 0 Å². The van der Waals surface area contributed by atoms with Gasteiger partial charge in [-0.3, -0.25) is 14.4 Å². The van der Waals surface area contributed by atoms with Crippen LogP contribution in [0.3, 0.4) is 0 Å². The first-order valence-electron chi connectivity index (χ1n) is 13.5. The lowest BCUT2D eigenvalue weighted by molar-refractivity contribution is -0.152. The van der Waals surface area contributed by atoms with Crippen LogP contribution in [0.2, 0.25) is 0 Å². The Morgan fingerprint density at radius 1 is 0.548 bits per heavy atom. The van der Waals surface area contributed by atoms with Crippen molar-refractivity contribution in [3.8, 4) is 0 Å². The Labute approximate surface area is 242 Å². The molecule has 0 aromatic rings. The van der Waals surface area contributed by atoms with Gasteiger partial charge in [-0.05, 0) is 0 Å². The summed E-state index contributed by atoms with van der Waals surface area (Å²) in [7, 11) is 6.96. The molecule has 4 aliphatic heterocycles. The number of nitrogens with one attached hydrogen (secondary N) is 3. The van der Waals surface area contributed by atoms with Crippen molar-refractivity contribution in [2.45, 2.75) is 73.0 Å². The third kappa shape index (κ3) is 6.53. The lowest BCUT2D eigenvalue weighted by Gasteiger charge is -2.29. The summed E-state index contributed by atoms with van der Waals surface area (Å²) in [6, 6.07) is -3.41. The van der Waals surface area contributed by atoms with Gasteiger partial charge in [-0.25, -0.2) is 4.79 Å². The van der Waals surface area contributed by atoms with Gasteiger partial charge in [0.15, 0.2) is 24.4 Å². The van der Waals surface area contributed by atoms with Gasteiger partial charge in [0.2, 0.25) is 0 Å². The van der Waals surface area contributed by atoms with Gasteiger partial charge in [-0.1, -0.05) is 0 Å². The summed E-state index contributed by atoms with van der Waals surface area (Å²) in [5, 5.41) is 8.28. The van der Waals surface area contributed by atoms with E-state index in [9.17, 15) is 19.2 Å². The molecule has 0 bridgehead atoms. The Hall–Kier alpha value is -2.48. The Morgan fingerprint density at radius 2 is 0.881 bits per heavy atom. The van der Waals surface area contributed by atoms with Crippen LogP contribution in [0.1, 0.15) is 0 Å². The minimum Gasteiger partial charge on any atom is -0.467 e. The van der Waals surface area contributed by atoms with Crippen molar-refractivity contribution in [2.24, 2.45) is 5.73 Å². The van der Waals surface area contributed by atoms with E-state index in [-0.39, 0.29) is 26.4 Å². The van der Waals surface area contributed by atoms with Gasteiger partial charge in [-0.15, -0.1) is 0 Å². The van der Waals surface area contributed by atoms with Crippen molar-refractivity contribution in [1.82, 2.24) is 16.0 Å². The number of esters is 1. The van der Waals surface area contributed by atoms with E-state index in [1.807, 2.05) is 0 Å². The van der Waals surface area contributed by atoms with Crippen LogP contribution in [-0.2, 0) is 61.8 Å². The summed E-state index contributed by atoms with van der Waals surface area (Å²) < 4.78 is 48.7. The molecule has 0 aromatic carbocycles. The summed E-state index contributed by atoms with van der Waals surface area (Å²) in [5.41, 5.74) is 6.10. The Morgan fingerprint density at radius 3 is 1.26 bits per heavy atom. The number of rotatable bonds is 11. The second-order valence-electron chi connectivity index (χ2n) is 10.3. The number of ether oxygens (including phenoxy) is 9. The SMILES string of the molecule is COC(=O)[C@@H]1OC[C@@H](OC)[C@H]1NC(=O)[C@@H]1OC[C@@H](OC)[C@H]1NC(=O)[C@@H]1OC[C@@H](OC)[C@H]1NC(=O)[C@@H]1OC[C@@H](OC)[C@H]1N. The van der Waals surface area contributed by atoms with E-state index < -0.39 is 96.7 Å². The molecule has 12 atom stereocenters. The molecule has 4 fully saturated rings. The lowest BCUT2D eigenvalue weighted by Crippen LogP contribution is -2.61. The Balaban J connectivity index is 1.44. The van der Waals surface area contributed by atoms with Gasteiger partial charge in [0.1, 0.15) is 18.3 Å². The summed E-state index contributed by atoms with van der Waals surface area (Å²) in [6.45, 7) is 0.226. The van der Waals surface area contributed by atoms with Crippen molar-refractivity contribution in [1.29, 1.82) is 0 Å². The zero-order chi connectivity index (χ0) is 30.6. The standard InChI is InChI=1S/C25H40N4O13/c1-34-10-6-39-18(14(10)26)22(30)27-15-11(35-2)7-40-19(15)23(31)28-16-12(36-3)8-41-20(16)24(32)29-17-13(37-4)9-42-21(17)25(33)38-5/h10-21H,6-9,26H2,1-5H3,(H,27,30)(H,28,31)(H,29,32)/t10-,11-,12-,13-,14-,15-,16-,17-,18-,19-,20-,21-/m1/s1. The van der Waals surface area contributed by atoms with Gasteiger partial charge in [0.25, 0.3) is 17.7 Å². The molecule has 5 N–H and O–H groups in total. The average molecular weight is 605 g/mol. The number of carbonyl (C=O) groups is 4. The molecule has 0 spiro atoms. The largest absolute Gasteiger partial charge is 0.467 e. The molecule has 17 heteroatoms. The van der Waals surface area contributed by atoms with Gasteiger partial charge in [0.05, 0.1) is 63.8 Å². The van der Waals surface area contributed by atoms with E-state index in [1.165, 1.54) is 35.5 Å². The van der Waals surface area contributed by atoms with Crippen LogP contribution in [0.15, 0.2) is 0 Å². The highest BCUT2D eigenvalue weighted by molar-refractivity contribution is 5.88. The van der Waals surface area contributed by atoms with E-state index in [4.69, 9.17) is 48.4 Å². The number of hydrogen-bond donors (Lipinski definition) is 4. The molecule has 3 amide bonds. The van der Waals surface area contributed by atoms with Gasteiger partial charge in [0, 0.05) is 28.4 Å². The van der Waals surface area contributed by atoms with Crippen molar-refractivity contribution < 1.29 is 61.8 Å². The molecule has 0 aromatic heterocycles. The van der Waals surface area contributed by atoms with Crippen molar-refractivity contribution in [3.05, 3.63) is 0 Å². The fourth-order valence-electron chi connectivity index (χ4n) is 5.59. The summed E-state index contributed by atoms with van der Waals surface area (Å²) in [5.74, 6) is -2.47. The zero-order valence-electron chi connectivity index (χ0n) is 24.1. The van der Waals surface area contributed by atoms with Crippen molar-refractivity contribution >= 4 is 23.7 Å². The molecule has 17 nitrogen and oxygen atoms in total. The maximum absolute atomic E-state index is 13.5. The first-order chi connectivity index (χ1) is 20.2. The molecule has 0 aliphatic carbocycles. The third-order valence-electron chi connectivity index (χ3n) is 8.07. The molecular formula is C25H40N4O13. The fraction of sp³-hybridized carbons (Fsp3) is 0.840. The topological polar surface area (TPSA) is 213 Å². The Kier molecular flexibility index (Phi) is 11.1. The van der Waals surface area contributed by atoms with Crippen molar-refractivity contribution in [2.75, 3.05) is 62.0 Å². The number of amides is 3. The maximum Gasteiger partial charge on any atom is 0.337 e. The molecule has 0 saturated carbocycles. The smallest absolute Gasteiger partial charge is 0.337 e. The summed E-state index contributed by atoms with van der Waals surface area (Å²) >= 11 is 0. The third-order valence-corrected chi connectivity index (χ3v) is 8.07. The molecule has 4 aliphatic rings. The first-order valence-corrected chi connectivity index (χ1v) is 13.5. The minimum absolute atomic E-state index is 0.00120. The fourth-order valence-corrected chi connectivity index (χ4v) is 5.59. The lowest BCUT2D eigenvalue weighted by atomic mass is 10.0. The molecule has 42 heavy (non-hydrogen) atoms. The number of nitrogens with two attached hydrogens (primary N) is 1. The second kappa shape index (κ2) is 14.3. The van der Waals surface area contributed by atoms with Gasteiger partial charge >= 0.3 is 5.97 Å². The minimum atomic E-state index is -1.20. The van der Waals surface area contributed by atoms with E-state index in [1.54, 1.807) is 0 Å². The number of carbonyl (C=O) groups excluding carboxylic acids is 4. The zero-order valence-corrected chi connectivity index (χ0v) is 24.1. The maximum atomic E-state index is 13.5. The van der Waals surface area contributed by atoms with Crippen LogP contribution < -0.4 is 21.7 Å². The average Bonchev–Trinajstić information content (AvgIpc) is 3.77. The van der Waals surface area contributed by atoms with E-state index in [0.29, 0.717) is 0 Å². The molecule has 0 unspecified atom stereocenters. The second-order valence-corrected chi connectivity index (χ2v) is 10.3. The van der Waals surface area contributed by atoms with E-state index >= 15 is 0 Å².